The summed E-state index contributed by atoms with van der Waals surface area (Å²) >= 11 is 0. The van der Waals surface area contributed by atoms with Crippen molar-refractivity contribution in [3.63, 3.8) is 0 Å². The number of alkyl halides is 3. The van der Waals surface area contributed by atoms with Gasteiger partial charge < -0.3 is 10.1 Å². The highest BCUT2D eigenvalue weighted by molar-refractivity contribution is 5.94. The molecule has 0 unspecified atom stereocenters. The van der Waals surface area contributed by atoms with Crippen molar-refractivity contribution in [3.05, 3.63) is 33.9 Å². The van der Waals surface area contributed by atoms with Gasteiger partial charge in [-0.2, -0.15) is 13.2 Å². The number of benzene rings is 1. The lowest BCUT2D eigenvalue weighted by molar-refractivity contribution is -0.385. The van der Waals surface area contributed by atoms with E-state index < -0.39 is 46.6 Å². The molecule has 0 saturated heterocycles. The fourth-order valence-electron chi connectivity index (χ4n) is 1.49. The molecule has 0 aliphatic rings. The highest BCUT2D eigenvalue weighted by atomic mass is 19.4. The summed E-state index contributed by atoms with van der Waals surface area (Å²) in [6.45, 7) is 0.992. The molecule has 0 spiro atoms. The molecule has 23 heavy (non-hydrogen) atoms. The predicted octanol–water partition coefficient (Wildman–Crippen LogP) is 1.84. The normalized spacial score (nSPS) is 10.8. The van der Waals surface area contributed by atoms with Crippen molar-refractivity contribution in [1.82, 2.24) is 10.6 Å². The Morgan fingerprint density at radius 1 is 1.35 bits per heavy atom. The molecule has 11 heteroatoms. The SMILES string of the molecule is CCNC(=O)NC(=O)COc1ccc([N+](=O)[O-])cc1C(F)(F)F. The molecule has 1 aromatic rings. The maximum Gasteiger partial charge on any atom is 0.420 e. The van der Waals surface area contributed by atoms with Gasteiger partial charge in [0.2, 0.25) is 0 Å². The Labute approximate surface area is 127 Å². The van der Waals surface area contributed by atoms with E-state index in [2.05, 4.69) is 5.32 Å². The Bertz CT molecular complexity index is 618. The second kappa shape index (κ2) is 7.42. The van der Waals surface area contributed by atoms with Crippen molar-refractivity contribution in [3.8, 4) is 5.75 Å². The lowest BCUT2D eigenvalue weighted by atomic mass is 10.1. The van der Waals surface area contributed by atoms with Gasteiger partial charge in [-0.3, -0.25) is 20.2 Å². The van der Waals surface area contributed by atoms with Crippen molar-refractivity contribution in [2.24, 2.45) is 0 Å². The Morgan fingerprint density at radius 3 is 2.52 bits per heavy atom. The third-order valence-electron chi connectivity index (χ3n) is 2.43. The zero-order chi connectivity index (χ0) is 17.6. The summed E-state index contributed by atoms with van der Waals surface area (Å²) in [5.41, 5.74) is -2.16. The monoisotopic (exact) mass is 335 g/mol. The number of amides is 3. The molecular formula is C12H12F3N3O5. The Kier molecular flexibility index (Phi) is 5.87. The van der Waals surface area contributed by atoms with E-state index in [1.807, 2.05) is 5.32 Å². The van der Waals surface area contributed by atoms with Crippen LogP contribution in [0.2, 0.25) is 0 Å². The summed E-state index contributed by atoms with van der Waals surface area (Å²) < 4.78 is 43.3. The second-order valence-electron chi connectivity index (χ2n) is 4.13. The molecule has 2 N–H and O–H groups in total. The molecular weight excluding hydrogens is 323 g/mol. The summed E-state index contributed by atoms with van der Waals surface area (Å²) in [4.78, 5) is 32.0. The minimum atomic E-state index is -4.91. The van der Waals surface area contributed by atoms with Crippen molar-refractivity contribution >= 4 is 17.6 Å². The minimum absolute atomic E-state index is 0.251. The molecule has 0 atom stereocenters. The van der Waals surface area contributed by atoms with Crippen molar-refractivity contribution in [1.29, 1.82) is 0 Å². The van der Waals surface area contributed by atoms with Gasteiger partial charge in [0.1, 0.15) is 11.3 Å². The standard InChI is InChI=1S/C12H12F3N3O5/c1-2-16-11(20)17-10(19)6-23-9-4-3-7(18(21)22)5-8(9)12(13,14)15/h3-5H,2,6H2,1H3,(H2,16,17,19,20). The third-order valence-corrected chi connectivity index (χ3v) is 2.43. The molecule has 0 saturated carbocycles. The number of nitro groups is 1. The van der Waals surface area contributed by atoms with Crippen LogP contribution in [0.5, 0.6) is 5.75 Å². The number of carbonyl (C=O) groups is 2. The lowest BCUT2D eigenvalue weighted by Crippen LogP contribution is -2.41. The number of hydrogen-bond acceptors (Lipinski definition) is 5. The first-order chi connectivity index (χ1) is 10.6. The van der Waals surface area contributed by atoms with Gasteiger partial charge in [0, 0.05) is 18.7 Å². The Morgan fingerprint density at radius 2 is 2.00 bits per heavy atom. The van der Waals surface area contributed by atoms with Crippen LogP contribution in [0, 0.1) is 10.1 Å². The molecule has 0 aliphatic heterocycles. The van der Waals surface area contributed by atoms with Gasteiger partial charge in [-0.05, 0) is 13.0 Å². The average Bonchev–Trinajstić information content (AvgIpc) is 2.44. The third kappa shape index (κ3) is 5.45. The van der Waals surface area contributed by atoms with E-state index in [-0.39, 0.29) is 6.54 Å². The summed E-state index contributed by atoms with van der Waals surface area (Å²) in [6.07, 6.45) is -4.91. The van der Waals surface area contributed by atoms with Crippen LogP contribution in [-0.2, 0) is 11.0 Å². The van der Waals surface area contributed by atoms with Gasteiger partial charge >= 0.3 is 12.2 Å². The molecule has 0 aromatic heterocycles. The van der Waals surface area contributed by atoms with Crippen LogP contribution < -0.4 is 15.4 Å². The van der Waals surface area contributed by atoms with E-state index in [1.165, 1.54) is 0 Å². The zero-order valence-electron chi connectivity index (χ0n) is 11.8. The van der Waals surface area contributed by atoms with E-state index in [1.54, 1.807) is 6.92 Å². The first-order valence-corrected chi connectivity index (χ1v) is 6.21. The number of ether oxygens (including phenoxy) is 1. The first kappa shape index (κ1) is 18.2. The zero-order valence-corrected chi connectivity index (χ0v) is 11.8. The van der Waals surface area contributed by atoms with E-state index in [0.717, 1.165) is 12.1 Å². The highest BCUT2D eigenvalue weighted by Crippen LogP contribution is 2.38. The summed E-state index contributed by atoms with van der Waals surface area (Å²) in [5.74, 6) is -1.73. The number of nitro benzene ring substituents is 1. The number of carbonyl (C=O) groups excluding carboxylic acids is 2. The molecule has 3 amide bonds. The molecule has 0 bridgehead atoms. The number of rotatable bonds is 5. The van der Waals surface area contributed by atoms with Crippen LogP contribution in [0.25, 0.3) is 0 Å². The molecule has 1 aromatic carbocycles. The van der Waals surface area contributed by atoms with Crippen LogP contribution in [0.4, 0.5) is 23.7 Å². The van der Waals surface area contributed by atoms with Crippen LogP contribution in [0.3, 0.4) is 0 Å². The van der Waals surface area contributed by atoms with E-state index in [4.69, 9.17) is 4.74 Å². The summed E-state index contributed by atoms with van der Waals surface area (Å²) in [7, 11) is 0. The van der Waals surface area contributed by atoms with Gasteiger partial charge in [-0.25, -0.2) is 4.79 Å². The van der Waals surface area contributed by atoms with E-state index >= 15 is 0 Å². The van der Waals surface area contributed by atoms with E-state index in [9.17, 15) is 32.9 Å². The first-order valence-electron chi connectivity index (χ1n) is 6.21. The maximum absolute atomic E-state index is 12.9. The quantitative estimate of drug-likeness (QED) is 0.630. The number of nitrogens with one attached hydrogen (secondary N) is 2. The van der Waals surface area contributed by atoms with Crippen molar-refractivity contribution in [2.75, 3.05) is 13.2 Å². The molecule has 0 fully saturated rings. The highest BCUT2D eigenvalue weighted by Gasteiger charge is 2.36. The summed E-state index contributed by atoms with van der Waals surface area (Å²) in [5, 5.41) is 14.6. The van der Waals surface area contributed by atoms with Gasteiger partial charge in [0.25, 0.3) is 11.6 Å². The molecule has 126 valence electrons. The maximum atomic E-state index is 12.9. The van der Waals surface area contributed by atoms with E-state index in [0.29, 0.717) is 6.07 Å². The smallest absolute Gasteiger partial charge is 0.420 e. The average molecular weight is 335 g/mol. The van der Waals surface area contributed by atoms with Crippen LogP contribution in [0.1, 0.15) is 12.5 Å². The second-order valence-corrected chi connectivity index (χ2v) is 4.13. The Balaban J connectivity index is 2.86. The van der Waals surface area contributed by atoms with Crippen LogP contribution >= 0.6 is 0 Å². The van der Waals surface area contributed by atoms with Crippen LogP contribution in [-0.4, -0.2) is 30.0 Å². The van der Waals surface area contributed by atoms with Crippen LogP contribution in [0.15, 0.2) is 18.2 Å². The lowest BCUT2D eigenvalue weighted by Gasteiger charge is -2.13. The molecule has 1 rings (SSSR count). The number of non-ortho nitro benzene ring substituents is 1. The fourth-order valence-corrected chi connectivity index (χ4v) is 1.49. The topological polar surface area (TPSA) is 111 Å². The van der Waals surface area contributed by atoms with Gasteiger partial charge in [-0.1, -0.05) is 0 Å². The number of hydrogen-bond donors (Lipinski definition) is 2. The molecule has 0 radical (unpaired) electrons. The van der Waals surface area contributed by atoms with Crippen molar-refractivity contribution < 1.29 is 32.4 Å². The molecule has 0 heterocycles. The van der Waals surface area contributed by atoms with Gasteiger partial charge in [0.15, 0.2) is 6.61 Å². The molecule has 0 aliphatic carbocycles. The number of halogens is 3. The minimum Gasteiger partial charge on any atom is -0.483 e. The fraction of sp³-hybridized carbons (Fsp3) is 0.333. The molecule has 8 nitrogen and oxygen atoms in total. The Hall–Kier alpha value is -2.85. The van der Waals surface area contributed by atoms with Gasteiger partial charge in [0.05, 0.1) is 4.92 Å². The number of urea groups is 1. The summed E-state index contributed by atoms with van der Waals surface area (Å²) in [6, 6.07) is 1.03. The predicted molar refractivity (Wildman–Crippen MR) is 70.8 cm³/mol. The number of imide groups is 1. The number of nitrogens with zero attached hydrogens (tertiary/aromatic N) is 1. The van der Waals surface area contributed by atoms with Gasteiger partial charge in [-0.15, -0.1) is 0 Å². The largest absolute Gasteiger partial charge is 0.483 e. The van der Waals surface area contributed by atoms with Crippen molar-refractivity contribution in [2.45, 2.75) is 13.1 Å².